The zero-order valence-electron chi connectivity index (χ0n) is 12.8. The van der Waals surface area contributed by atoms with Crippen LogP contribution in [0.2, 0.25) is 0 Å². The molecule has 2 aromatic carbocycles. The standard InChI is InChI=1S/C19H12N3O.Ir/c1-12-11-20-19-15-7-4-6-13(16-9-10-23-21-16)18(15)14-5-2-3-8-17(14)22(12)19;/h2-6,8-11H,1H3;/q-1;. The molecule has 0 amide bonds. The Bertz CT molecular complexity index is 1180. The molecule has 0 N–H and O–H groups in total. The number of fused-ring (bicyclic) bond motifs is 6. The molecule has 4 nitrogen and oxygen atoms in total. The molecule has 3 heterocycles. The van der Waals surface area contributed by atoms with Crippen molar-refractivity contribution in [2.45, 2.75) is 6.92 Å². The average Bonchev–Trinajstić information content (AvgIpc) is 3.25. The second-order valence-electron chi connectivity index (χ2n) is 5.60. The van der Waals surface area contributed by atoms with E-state index in [4.69, 9.17) is 4.52 Å². The van der Waals surface area contributed by atoms with Crippen molar-refractivity contribution in [1.82, 2.24) is 14.5 Å². The molecular formula is C19H12IrN3O-. The van der Waals surface area contributed by atoms with E-state index in [1.165, 1.54) is 0 Å². The fraction of sp³-hybridized carbons (Fsp3) is 0.0526. The molecule has 0 unspecified atom stereocenters. The van der Waals surface area contributed by atoms with Gasteiger partial charge in [-0.1, -0.05) is 39.7 Å². The van der Waals surface area contributed by atoms with Crippen LogP contribution in [0.3, 0.4) is 0 Å². The van der Waals surface area contributed by atoms with Crippen LogP contribution in [0, 0.1) is 13.0 Å². The van der Waals surface area contributed by atoms with Gasteiger partial charge in [0.15, 0.2) is 0 Å². The Kier molecular flexibility index (Phi) is 3.48. The van der Waals surface area contributed by atoms with Crippen LogP contribution < -0.4 is 0 Å². The molecule has 0 saturated heterocycles. The first kappa shape index (κ1) is 15.1. The monoisotopic (exact) mass is 491 g/mol. The summed E-state index contributed by atoms with van der Waals surface area (Å²) < 4.78 is 7.22. The molecule has 1 radical (unpaired) electrons. The molecule has 0 aliphatic carbocycles. The van der Waals surface area contributed by atoms with Crippen molar-refractivity contribution < 1.29 is 24.6 Å². The Labute approximate surface area is 151 Å². The number of para-hydroxylation sites is 1. The molecular weight excluding hydrogens is 478 g/mol. The predicted molar refractivity (Wildman–Crippen MR) is 89.3 cm³/mol. The Balaban J connectivity index is 0.00000146. The SMILES string of the molecule is Cc1cnc2c3[c-]ccc(-c4ccon4)c3c3ccccc3n12.[Ir]. The second-order valence-corrected chi connectivity index (χ2v) is 5.60. The summed E-state index contributed by atoms with van der Waals surface area (Å²) in [6, 6.07) is 17.5. The van der Waals surface area contributed by atoms with Gasteiger partial charge in [-0.2, -0.15) is 0 Å². The first-order valence-electron chi connectivity index (χ1n) is 7.44. The van der Waals surface area contributed by atoms with Crippen LogP contribution in [0.1, 0.15) is 5.69 Å². The molecule has 0 aliphatic heterocycles. The third-order valence-corrected chi connectivity index (χ3v) is 4.29. The van der Waals surface area contributed by atoms with Crippen LogP contribution >= 0.6 is 0 Å². The Morgan fingerprint density at radius 2 is 2.00 bits per heavy atom. The van der Waals surface area contributed by atoms with Crippen molar-refractivity contribution in [3.63, 3.8) is 0 Å². The Hall–Kier alpha value is -2.49. The van der Waals surface area contributed by atoms with E-state index >= 15 is 0 Å². The van der Waals surface area contributed by atoms with E-state index < -0.39 is 0 Å². The summed E-state index contributed by atoms with van der Waals surface area (Å²) in [5.41, 5.74) is 5.02. The van der Waals surface area contributed by atoms with Crippen LogP contribution in [0.25, 0.3) is 38.6 Å². The van der Waals surface area contributed by atoms with E-state index in [1.54, 1.807) is 6.26 Å². The van der Waals surface area contributed by atoms with Gasteiger partial charge in [-0.3, -0.25) is 4.98 Å². The zero-order chi connectivity index (χ0) is 15.4. The molecule has 0 aliphatic rings. The first-order valence-corrected chi connectivity index (χ1v) is 7.44. The summed E-state index contributed by atoms with van der Waals surface area (Å²) in [6.45, 7) is 2.07. The minimum Gasteiger partial charge on any atom is -0.364 e. The number of benzene rings is 2. The number of imidazole rings is 1. The Morgan fingerprint density at radius 3 is 2.83 bits per heavy atom. The van der Waals surface area contributed by atoms with E-state index in [9.17, 15) is 0 Å². The summed E-state index contributed by atoms with van der Waals surface area (Å²) in [7, 11) is 0. The van der Waals surface area contributed by atoms with Gasteiger partial charge in [0.1, 0.15) is 6.26 Å². The third kappa shape index (κ3) is 1.95. The molecule has 24 heavy (non-hydrogen) atoms. The minimum absolute atomic E-state index is 0. The summed E-state index contributed by atoms with van der Waals surface area (Å²) in [5.74, 6) is 0. The summed E-state index contributed by atoms with van der Waals surface area (Å²) >= 11 is 0. The molecule has 0 fully saturated rings. The molecule has 0 atom stereocenters. The van der Waals surface area contributed by atoms with E-state index in [0.29, 0.717) is 0 Å². The summed E-state index contributed by atoms with van der Waals surface area (Å²) in [5, 5.41) is 7.37. The molecule has 0 saturated carbocycles. The van der Waals surface area contributed by atoms with Gasteiger partial charge in [-0.15, -0.1) is 18.2 Å². The molecule has 5 heteroatoms. The molecule has 119 valence electrons. The van der Waals surface area contributed by atoms with E-state index in [1.807, 2.05) is 24.4 Å². The van der Waals surface area contributed by atoms with Crippen LogP contribution in [-0.4, -0.2) is 14.5 Å². The van der Waals surface area contributed by atoms with Crippen LogP contribution in [0.5, 0.6) is 0 Å². The third-order valence-electron chi connectivity index (χ3n) is 4.29. The number of hydrogen-bond donors (Lipinski definition) is 0. The maximum absolute atomic E-state index is 5.04. The van der Waals surface area contributed by atoms with Crippen molar-refractivity contribution in [3.05, 3.63) is 66.7 Å². The summed E-state index contributed by atoms with van der Waals surface area (Å²) in [4.78, 5) is 4.61. The number of rotatable bonds is 1. The van der Waals surface area contributed by atoms with Gasteiger partial charge in [0.2, 0.25) is 0 Å². The van der Waals surface area contributed by atoms with Crippen LogP contribution in [-0.2, 0) is 20.1 Å². The quantitative estimate of drug-likeness (QED) is 0.258. The number of hydrogen-bond acceptors (Lipinski definition) is 3. The van der Waals surface area contributed by atoms with Gasteiger partial charge in [0, 0.05) is 43.6 Å². The normalized spacial score (nSPS) is 11.2. The largest absolute Gasteiger partial charge is 0.364 e. The number of aromatic nitrogens is 3. The minimum atomic E-state index is 0. The zero-order valence-corrected chi connectivity index (χ0v) is 15.2. The van der Waals surface area contributed by atoms with Gasteiger partial charge in [0.25, 0.3) is 0 Å². The molecule has 5 rings (SSSR count). The molecule has 0 spiro atoms. The number of aryl methyl sites for hydroxylation is 1. The molecule has 3 aromatic heterocycles. The first-order chi connectivity index (χ1) is 11.3. The maximum Gasteiger partial charge on any atom is 0.124 e. The summed E-state index contributed by atoms with van der Waals surface area (Å²) in [6.07, 6.45) is 3.50. The van der Waals surface area contributed by atoms with Crippen molar-refractivity contribution in [2.75, 3.05) is 0 Å². The van der Waals surface area contributed by atoms with Gasteiger partial charge in [-0.05, 0) is 18.4 Å². The molecule has 0 bridgehead atoms. The van der Waals surface area contributed by atoms with Crippen molar-refractivity contribution in [2.24, 2.45) is 0 Å². The smallest absolute Gasteiger partial charge is 0.124 e. The van der Waals surface area contributed by atoms with E-state index in [0.717, 1.165) is 44.3 Å². The number of pyridine rings is 1. The predicted octanol–water partition coefficient (Wildman–Crippen LogP) is 4.40. The fourth-order valence-electron chi connectivity index (χ4n) is 3.32. The second kappa shape index (κ2) is 5.55. The average molecular weight is 491 g/mol. The van der Waals surface area contributed by atoms with Gasteiger partial charge in [0.05, 0.1) is 11.3 Å². The number of nitrogens with zero attached hydrogens (tertiary/aromatic N) is 3. The van der Waals surface area contributed by atoms with Gasteiger partial charge < -0.3 is 8.92 Å². The van der Waals surface area contributed by atoms with E-state index in [-0.39, 0.29) is 20.1 Å². The Morgan fingerprint density at radius 1 is 1.12 bits per heavy atom. The topological polar surface area (TPSA) is 43.3 Å². The molecule has 5 aromatic rings. The van der Waals surface area contributed by atoms with Crippen molar-refractivity contribution in [3.8, 4) is 11.3 Å². The van der Waals surface area contributed by atoms with Crippen molar-refractivity contribution in [1.29, 1.82) is 0 Å². The van der Waals surface area contributed by atoms with Gasteiger partial charge >= 0.3 is 0 Å². The van der Waals surface area contributed by atoms with Crippen molar-refractivity contribution >= 4 is 27.3 Å². The van der Waals surface area contributed by atoms with E-state index in [2.05, 4.69) is 51.8 Å². The fourth-order valence-corrected chi connectivity index (χ4v) is 3.32. The maximum atomic E-state index is 5.04. The van der Waals surface area contributed by atoms with Crippen LogP contribution in [0.4, 0.5) is 0 Å². The van der Waals surface area contributed by atoms with Crippen LogP contribution in [0.15, 0.2) is 59.4 Å². The van der Waals surface area contributed by atoms with Gasteiger partial charge in [-0.25, -0.2) is 0 Å².